The van der Waals surface area contributed by atoms with Crippen molar-refractivity contribution in [3.8, 4) is 0 Å². The predicted molar refractivity (Wildman–Crippen MR) is 58.8 cm³/mol. The lowest BCUT2D eigenvalue weighted by molar-refractivity contribution is 0.628. The van der Waals surface area contributed by atoms with Crippen molar-refractivity contribution in [3.63, 3.8) is 0 Å². The largest absolute Gasteiger partial charge is 0.207 e. The summed E-state index contributed by atoms with van der Waals surface area (Å²) in [6.45, 7) is 6.81. The summed E-state index contributed by atoms with van der Waals surface area (Å²) in [5, 5.41) is 0. The van der Waals surface area contributed by atoms with E-state index in [1.165, 1.54) is 12.1 Å². The maximum absolute atomic E-state index is 12.5. The number of benzene rings is 1. The van der Waals surface area contributed by atoms with Crippen LogP contribution in [0, 0.1) is 5.82 Å². The smallest absolute Gasteiger partial charge is 0.123 e. The van der Waals surface area contributed by atoms with Gasteiger partial charge >= 0.3 is 0 Å². The number of rotatable bonds is 2. The molecule has 0 saturated carbocycles. The van der Waals surface area contributed by atoms with Gasteiger partial charge in [-0.3, -0.25) is 0 Å². The molecular weight excluding hydrogens is 179 g/mol. The second-order valence-corrected chi connectivity index (χ2v) is 9.32. The molecule has 0 aliphatic carbocycles. The zero-order valence-electron chi connectivity index (χ0n) is 8.34. The average molecular weight is 194 g/mol. The highest BCUT2D eigenvalue weighted by molar-refractivity contribution is 6.81. The van der Waals surface area contributed by atoms with Crippen LogP contribution in [0.1, 0.15) is 5.56 Å². The van der Waals surface area contributed by atoms with Gasteiger partial charge in [0.05, 0.1) is 8.07 Å². The van der Waals surface area contributed by atoms with Gasteiger partial charge in [0.15, 0.2) is 0 Å². The standard InChI is InChI=1S/C11H15FSi/c1-13(2,3)9-8-10-4-6-11(12)7-5-10/h4-9H,1-3H3/b9-8+. The van der Waals surface area contributed by atoms with Crippen LogP contribution in [0.4, 0.5) is 4.39 Å². The van der Waals surface area contributed by atoms with E-state index in [2.05, 4.69) is 31.4 Å². The molecule has 0 saturated heterocycles. The monoisotopic (exact) mass is 194 g/mol. The van der Waals surface area contributed by atoms with Crippen LogP contribution in [0.15, 0.2) is 30.0 Å². The van der Waals surface area contributed by atoms with Crippen LogP contribution in [-0.4, -0.2) is 8.07 Å². The Morgan fingerprint density at radius 2 is 1.62 bits per heavy atom. The summed E-state index contributed by atoms with van der Waals surface area (Å²) in [5.41, 5.74) is 3.32. The molecule has 0 nitrogen and oxygen atoms in total. The first-order valence-corrected chi connectivity index (χ1v) is 8.00. The summed E-state index contributed by atoms with van der Waals surface area (Å²) >= 11 is 0. The molecule has 0 aliphatic heterocycles. The fraction of sp³-hybridized carbons (Fsp3) is 0.273. The Bertz CT molecular complexity index is 293. The van der Waals surface area contributed by atoms with Crippen LogP contribution in [-0.2, 0) is 0 Å². The van der Waals surface area contributed by atoms with E-state index in [0.717, 1.165) is 5.56 Å². The van der Waals surface area contributed by atoms with Crippen molar-refractivity contribution in [2.24, 2.45) is 0 Å². The van der Waals surface area contributed by atoms with Crippen molar-refractivity contribution in [1.82, 2.24) is 0 Å². The lowest BCUT2D eigenvalue weighted by atomic mass is 10.2. The highest BCUT2D eigenvalue weighted by atomic mass is 28.3. The summed E-state index contributed by atoms with van der Waals surface area (Å²) in [6.07, 6.45) is 2.08. The summed E-state index contributed by atoms with van der Waals surface area (Å²) in [4.78, 5) is 0. The maximum atomic E-state index is 12.5. The number of hydrogen-bond acceptors (Lipinski definition) is 0. The van der Waals surface area contributed by atoms with Gasteiger partial charge in [-0.1, -0.05) is 43.5 Å². The molecule has 0 radical (unpaired) electrons. The van der Waals surface area contributed by atoms with E-state index in [0.29, 0.717) is 0 Å². The van der Waals surface area contributed by atoms with Gasteiger partial charge < -0.3 is 0 Å². The number of hydrogen-bond donors (Lipinski definition) is 0. The highest BCUT2D eigenvalue weighted by Crippen LogP contribution is 2.08. The molecule has 0 amide bonds. The Morgan fingerprint density at radius 3 is 2.08 bits per heavy atom. The van der Waals surface area contributed by atoms with Gasteiger partial charge in [-0.15, -0.1) is 0 Å². The Balaban J connectivity index is 2.75. The van der Waals surface area contributed by atoms with E-state index in [1.807, 2.05) is 0 Å². The topological polar surface area (TPSA) is 0 Å². The molecule has 2 heteroatoms. The zero-order valence-corrected chi connectivity index (χ0v) is 9.34. The molecule has 0 fully saturated rings. The third kappa shape index (κ3) is 4.04. The minimum Gasteiger partial charge on any atom is -0.207 e. The van der Waals surface area contributed by atoms with Crippen LogP contribution < -0.4 is 0 Å². The lowest BCUT2D eigenvalue weighted by Crippen LogP contribution is -2.15. The van der Waals surface area contributed by atoms with Crippen LogP contribution in [0.3, 0.4) is 0 Å². The molecule has 0 aromatic heterocycles. The van der Waals surface area contributed by atoms with E-state index in [-0.39, 0.29) is 5.82 Å². The van der Waals surface area contributed by atoms with E-state index < -0.39 is 8.07 Å². The minimum atomic E-state index is -1.13. The normalized spacial score (nSPS) is 12.3. The van der Waals surface area contributed by atoms with E-state index in [9.17, 15) is 4.39 Å². The number of halogens is 1. The minimum absolute atomic E-state index is 0.176. The van der Waals surface area contributed by atoms with Gasteiger partial charge in [-0.05, 0) is 17.7 Å². The molecule has 0 atom stereocenters. The first-order valence-electron chi connectivity index (χ1n) is 4.42. The fourth-order valence-corrected chi connectivity index (χ4v) is 1.61. The second-order valence-electron chi connectivity index (χ2n) is 4.25. The molecule has 0 bridgehead atoms. The molecule has 0 N–H and O–H groups in total. The Morgan fingerprint density at radius 1 is 1.08 bits per heavy atom. The molecule has 1 aromatic carbocycles. The predicted octanol–water partition coefficient (Wildman–Crippen LogP) is 3.72. The lowest BCUT2D eigenvalue weighted by Gasteiger charge is -2.07. The average Bonchev–Trinajstić information content (AvgIpc) is 2.02. The van der Waals surface area contributed by atoms with Crippen molar-refractivity contribution in [1.29, 1.82) is 0 Å². The maximum Gasteiger partial charge on any atom is 0.123 e. The molecule has 0 spiro atoms. The van der Waals surface area contributed by atoms with Crippen LogP contribution in [0.2, 0.25) is 19.6 Å². The Kier molecular flexibility index (Phi) is 3.04. The highest BCUT2D eigenvalue weighted by Gasteiger charge is 2.06. The van der Waals surface area contributed by atoms with Gasteiger partial charge in [0.1, 0.15) is 5.82 Å². The summed E-state index contributed by atoms with van der Waals surface area (Å²) in [5.74, 6) is -0.176. The Hall–Kier alpha value is -0.893. The molecule has 1 rings (SSSR count). The van der Waals surface area contributed by atoms with Crippen molar-refractivity contribution in [3.05, 3.63) is 41.3 Å². The van der Waals surface area contributed by atoms with Crippen LogP contribution in [0.5, 0.6) is 0 Å². The summed E-state index contributed by atoms with van der Waals surface area (Å²) in [6, 6.07) is 6.58. The molecule has 0 heterocycles. The molecular formula is C11H15FSi. The van der Waals surface area contributed by atoms with Gasteiger partial charge in [-0.2, -0.15) is 0 Å². The second kappa shape index (κ2) is 3.88. The molecule has 0 unspecified atom stereocenters. The van der Waals surface area contributed by atoms with E-state index >= 15 is 0 Å². The van der Waals surface area contributed by atoms with E-state index in [4.69, 9.17) is 0 Å². The van der Waals surface area contributed by atoms with Crippen LogP contribution in [0.25, 0.3) is 6.08 Å². The van der Waals surface area contributed by atoms with Gasteiger partial charge in [-0.25, -0.2) is 4.39 Å². The van der Waals surface area contributed by atoms with Gasteiger partial charge in [0.2, 0.25) is 0 Å². The Labute approximate surface area is 80.1 Å². The van der Waals surface area contributed by atoms with Crippen LogP contribution >= 0.6 is 0 Å². The van der Waals surface area contributed by atoms with Gasteiger partial charge in [0, 0.05) is 0 Å². The van der Waals surface area contributed by atoms with Crippen molar-refractivity contribution < 1.29 is 4.39 Å². The SMILES string of the molecule is C[Si](C)(C)/C=C/c1ccc(F)cc1. The molecule has 0 aliphatic rings. The van der Waals surface area contributed by atoms with Crippen molar-refractivity contribution >= 4 is 14.1 Å². The fourth-order valence-electron chi connectivity index (χ4n) is 0.920. The molecule has 13 heavy (non-hydrogen) atoms. The van der Waals surface area contributed by atoms with Crippen molar-refractivity contribution in [2.75, 3.05) is 0 Å². The van der Waals surface area contributed by atoms with E-state index in [1.54, 1.807) is 12.1 Å². The summed E-state index contributed by atoms with van der Waals surface area (Å²) in [7, 11) is -1.13. The third-order valence-electron chi connectivity index (χ3n) is 1.65. The summed E-state index contributed by atoms with van der Waals surface area (Å²) < 4.78 is 12.5. The zero-order chi connectivity index (χ0) is 9.90. The van der Waals surface area contributed by atoms with Crippen molar-refractivity contribution in [2.45, 2.75) is 19.6 Å². The third-order valence-corrected chi connectivity index (χ3v) is 2.81. The van der Waals surface area contributed by atoms with Gasteiger partial charge in [0.25, 0.3) is 0 Å². The molecule has 70 valence electrons. The molecule has 1 aromatic rings. The first-order chi connectivity index (χ1) is 5.97. The quantitative estimate of drug-likeness (QED) is 0.629. The first kappa shape index (κ1) is 10.2.